The predicted octanol–water partition coefficient (Wildman–Crippen LogP) is 1.57. The summed E-state index contributed by atoms with van der Waals surface area (Å²) in [6.45, 7) is 5.58. The topological polar surface area (TPSA) is 30.5 Å². The third-order valence-electron chi connectivity index (χ3n) is 2.79. The monoisotopic (exact) mass is 201 g/mol. The molecule has 84 valence electrons. The van der Waals surface area contributed by atoms with Crippen molar-refractivity contribution in [3.8, 4) is 0 Å². The van der Waals surface area contributed by atoms with Gasteiger partial charge >= 0.3 is 0 Å². The molecule has 3 atom stereocenters. The highest BCUT2D eigenvalue weighted by atomic mass is 16.5. The zero-order valence-corrected chi connectivity index (χ0v) is 9.58. The van der Waals surface area contributed by atoms with Gasteiger partial charge in [0.05, 0.1) is 18.8 Å². The van der Waals surface area contributed by atoms with E-state index in [0.717, 1.165) is 6.61 Å². The Kier molecular flexibility index (Phi) is 5.45. The molecule has 1 rings (SSSR count). The zero-order valence-electron chi connectivity index (χ0n) is 9.58. The Morgan fingerprint density at radius 1 is 1.43 bits per heavy atom. The van der Waals surface area contributed by atoms with Crippen LogP contribution in [0.2, 0.25) is 0 Å². The van der Waals surface area contributed by atoms with Gasteiger partial charge in [-0.1, -0.05) is 0 Å². The Hall–Kier alpha value is -0.120. The van der Waals surface area contributed by atoms with E-state index in [1.54, 1.807) is 0 Å². The molecule has 1 saturated carbocycles. The van der Waals surface area contributed by atoms with Gasteiger partial charge in [-0.05, 0) is 40.2 Å². The van der Waals surface area contributed by atoms with Crippen molar-refractivity contribution in [3.05, 3.63) is 0 Å². The van der Waals surface area contributed by atoms with E-state index in [1.165, 1.54) is 19.3 Å². The van der Waals surface area contributed by atoms with Gasteiger partial charge in [0.25, 0.3) is 0 Å². The van der Waals surface area contributed by atoms with Crippen molar-refractivity contribution < 1.29 is 9.47 Å². The predicted molar refractivity (Wildman–Crippen MR) is 57.5 cm³/mol. The lowest BCUT2D eigenvalue weighted by Gasteiger charge is -2.23. The first kappa shape index (κ1) is 12.0. The van der Waals surface area contributed by atoms with E-state index < -0.39 is 0 Å². The Bertz CT molecular complexity index is 152. The van der Waals surface area contributed by atoms with Crippen molar-refractivity contribution in [1.29, 1.82) is 0 Å². The first-order valence-electron chi connectivity index (χ1n) is 5.68. The van der Waals surface area contributed by atoms with Crippen LogP contribution in [-0.4, -0.2) is 38.5 Å². The van der Waals surface area contributed by atoms with Gasteiger partial charge in [0.1, 0.15) is 0 Å². The SMILES string of the molecule is CCOCC(C)OC1CCCC1NC. The molecule has 14 heavy (non-hydrogen) atoms. The van der Waals surface area contributed by atoms with E-state index >= 15 is 0 Å². The lowest BCUT2D eigenvalue weighted by atomic mass is 10.2. The van der Waals surface area contributed by atoms with Crippen molar-refractivity contribution in [2.45, 2.75) is 51.4 Å². The van der Waals surface area contributed by atoms with Crippen molar-refractivity contribution in [2.75, 3.05) is 20.3 Å². The van der Waals surface area contributed by atoms with Gasteiger partial charge in [-0.2, -0.15) is 0 Å². The molecule has 1 fully saturated rings. The van der Waals surface area contributed by atoms with Gasteiger partial charge in [0.2, 0.25) is 0 Å². The molecule has 0 saturated heterocycles. The fraction of sp³-hybridized carbons (Fsp3) is 1.00. The van der Waals surface area contributed by atoms with E-state index in [4.69, 9.17) is 9.47 Å². The molecule has 0 aliphatic heterocycles. The highest BCUT2D eigenvalue weighted by molar-refractivity contribution is 4.83. The largest absolute Gasteiger partial charge is 0.379 e. The Labute approximate surface area is 87.2 Å². The Balaban J connectivity index is 2.21. The molecule has 0 radical (unpaired) electrons. The molecular weight excluding hydrogens is 178 g/mol. The molecule has 0 aromatic rings. The van der Waals surface area contributed by atoms with Crippen LogP contribution in [0, 0.1) is 0 Å². The minimum Gasteiger partial charge on any atom is -0.379 e. The van der Waals surface area contributed by atoms with E-state index in [0.29, 0.717) is 18.8 Å². The summed E-state index contributed by atoms with van der Waals surface area (Å²) in [6, 6.07) is 0.541. The van der Waals surface area contributed by atoms with Crippen LogP contribution >= 0.6 is 0 Å². The number of hydrogen-bond donors (Lipinski definition) is 1. The smallest absolute Gasteiger partial charge is 0.0785 e. The maximum absolute atomic E-state index is 5.93. The van der Waals surface area contributed by atoms with Gasteiger partial charge in [-0.15, -0.1) is 0 Å². The van der Waals surface area contributed by atoms with Crippen LogP contribution in [0.15, 0.2) is 0 Å². The fourth-order valence-electron chi connectivity index (χ4n) is 2.04. The van der Waals surface area contributed by atoms with Crippen molar-refractivity contribution in [2.24, 2.45) is 0 Å². The third kappa shape index (κ3) is 3.56. The zero-order chi connectivity index (χ0) is 10.4. The molecule has 1 aliphatic carbocycles. The minimum absolute atomic E-state index is 0.217. The molecule has 0 spiro atoms. The average Bonchev–Trinajstić information content (AvgIpc) is 2.62. The molecule has 3 unspecified atom stereocenters. The summed E-state index contributed by atoms with van der Waals surface area (Å²) in [6.07, 6.45) is 4.30. The number of likely N-dealkylation sites (N-methyl/N-ethyl adjacent to an activating group) is 1. The molecule has 0 aromatic carbocycles. The van der Waals surface area contributed by atoms with Crippen LogP contribution in [0.3, 0.4) is 0 Å². The van der Waals surface area contributed by atoms with E-state index in [-0.39, 0.29) is 6.10 Å². The first-order valence-corrected chi connectivity index (χ1v) is 5.68. The summed E-state index contributed by atoms with van der Waals surface area (Å²) in [5, 5.41) is 3.31. The van der Waals surface area contributed by atoms with Gasteiger partial charge in [0, 0.05) is 12.6 Å². The minimum atomic E-state index is 0.217. The van der Waals surface area contributed by atoms with Crippen LogP contribution in [0.25, 0.3) is 0 Å². The van der Waals surface area contributed by atoms with Gasteiger partial charge in [0.15, 0.2) is 0 Å². The van der Waals surface area contributed by atoms with Gasteiger partial charge < -0.3 is 14.8 Å². The summed E-state index contributed by atoms with van der Waals surface area (Å²) < 4.78 is 11.3. The highest BCUT2D eigenvalue weighted by Crippen LogP contribution is 2.22. The fourth-order valence-corrected chi connectivity index (χ4v) is 2.04. The Morgan fingerprint density at radius 3 is 2.86 bits per heavy atom. The molecule has 1 N–H and O–H groups in total. The second kappa shape index (κ2) is 6.38. The number of nitrogens with one attached hydrogen (secondary N) is 1. The number of hydrogen-bond acceptors (Lipinski definition) is 3. The second-order valence-electron chi connectivity index (χ2n) is 3.97. The first-order chi connectivity index (χ1) is 6.77. The van der Waals surface area contributed by atoms with Crippen molar-refractivity contribution >= 4 is 0 Å². The van der Waals surface area contributed by atoms with Crippen LogP contribution in [0.4, 0.5) is 0 Å². The quantitative estimate of drug-likeness (QED) is 0.707. The van der Waals surface area contributed by atoms with Gasteiger partial charge in [-0.25, -0.2) is 0 Å². The highest BCUT2D eigenvalue weighted by Gasteiger charge is 2.27. The molecule has 0 heterocycles. The standard InChI is InChI=1S/C11H23NO2/c1-4-13-8-9(2)14-11-7-5-6-10(11)12-3/h9-12H,4-8H2,1-3H3. The molecule has 1 aliphatic rings. The van der Waals surface area contributed by atoms with E-state index in [9.17, 15) is 0 Å². The molecular formula is C11H23NO2. The normalized spacial score (nSPS) is 29.4. The summed E-state index contributed by atoms with van der Waals surface area (Å²) in [7, 11) is 2.01. The number of ether oxygens (including phenoxy) is 2. The summed E-state index contributed by atoms with van der Waals surface area (Å²) in [5.74, 6) is 0. The molecule has 0 aromatic heterocycles. The van der Waals surface area contributed by atoms with Crippen LogP contribution in [-0.2, 0) is 9.47 Å². The van der Waals surface area contributed by atoms with Crippen LogP contribution in [0.5, 0.6) is 0 Å². The second-order valence-corrected chi connectivity index (χ2v) is 3.97. The molecule has 0 amide bonds. The molecule has 3 nitrogen and oxygen atoms in total. The van der Waals surface area contributed by atoms with E-state index in [1.807, 2.05) is 14.0 Å². The van der Waals surface area contributed by atoms with Crippen molar-refractivity contribution in [1.82, 2.24) is 5.32 Å². The Morgan fingerprint density at radius 2 is 2.21 bits per heavy atom. The summed E-state index contributed by atoms with van der Waals surface area (Å²) in [4.78, 5) is 0. The van der Waals surface area contributed by atoms with E-state index in [2.05, 4.69) is 12.2 Å². The average molecular weight is 201 g/mol. The number of rotatable bonds is 6. The van der Waals surface area contributed by atoms with Crippen molar-refractivity contribution in [3.63, 3.8) is 0 Å². The lowest BCUT2D eigenvalue weighted by Crippen LogP contribution is -2.37. The maximum Gasteiger partial charge on any atom is 0.0785 e. The van der Waals surface area contributed by atoms with Gasteiger partial charge in [-0.3, -0.25) is 0 Å². The third-order valence-corrected chi connectivity index (χ3v) is 2.79. The van der Waals surface area contributed by atoms with Crippen LogP contribution in [0.1, 0.15) is 33.1 Å². The summed E-state index contributed by atoms with van der Waals surface area (Å²) >= 11 is 0. The lowest BCUT2D eigenvalue weighted by molar-refractivity contribution is -0.0514. The summed E-state index contributed by atoms with van der Waals surface area (Å²) in [5.41, 5.74) is 0. The molecule has 0 bridgehead atoms. The maximum atomic E-state index is 5.93. The van der Waals surface area contributed by atoms with Crippen LogP contribution < -0.4 is 5.32 Å². The molecule has 3 heteroatoms.